The highest BCUT2D eigenvalue weighted by atomic mass is 19.2. The van der Waals surface area contributed by atoms with Crippen molar-refractivity contribution in [1.29, 1.82) is 0 Å². The Morgan fingerprint density at radius 1 is 0.914 bits per heavy atom. The van der Waals surface area contributed by atoms with Gasteiger partial charge in [0.1, 0.15) is 5.82 Å². The Bertz CT molecular complexity index is 1140. The summed E-state index contributed by atoms with van der Waals surface area (Å²) in [5, 5.41) is 0. The molecule has 35 heavy (non-hydrogen) atoms. The molecule has 0 aromatic heterocycles. The van der Waals surface area contributed by atoms with E-state index in [0.717, 1.165) is 49.7 Å². The predicted molar refractivity (Wildman–Crippen MR) is 137 cm³/mol. The second-order valence-corrected chi connectivity index (χ2v) is 9.41. The first-order chi connectivity index (χ1) is 17.0. The van der Waals surface area contributed by atoms with E-state index in [-0.39, 0.29) is 23.4 Å². The van der Waals surface area contributed by atoms with Crippen LogP contribution in [0.1, 0.15) is 62.5 Å². The van der Waals surface area contributed by atoms with Gasteiger partial charge in [0.2, 0.25) is 0 Å². The van der Waals surface area contributed by atoms with Gasteiger partial charge in [-0.15, -0.1) is 6.58 Å². The lowest BCUT2D eigenvalue weighted by Gasteiger charge is -2.29. The maximum Gasteiger partial charge on any atom is 0.166 e. The van der Waals surface area contributed by atoms with Crippen LogP contribution in [-0.2, 0) is 11.2 Å². The quantitative estimate of drug-likeness (QED) is 0.279. The molecule has 184 valence electrons. The van der Waals surface area contributed by atoms with Gasteiger partial charge in [0.15, 0.2) is 11.6 Å². The zero-order valence-electron chi connectivity index (χ0n) is 20.3. The van der Waals surface area contributed by atoms with Crippen LogP contribution in [0.3, 0.4) is 0 Å². The summed E-state index contributed by atoms with van der Waals surface area (Å²) in [6.07, 6.45) is 8.15. The van der Waals surface area contributed by atoms with E-state index in [1.807, 2.05) is 37.3 Å². The molecule has 2 unspecified atom stereocenters. The van der Waals surface area contributed by atoms with Crippen molar-refractivity contribution in [1.82, 2.24) is 0 Å². The molecule has 1 fully saturated rings. The van der Waals surface area contributed by atoms with Crippen LogP contribution in [0.2, 0.25) is 0 Å². The highest BCUT2D eigenvalue weighted by molar-refractivity contribution is 5.71. The van der Waals surface area contributed by atoms with Crippen LogP contribution in [0.25, 0.3) is 22.3 Å². The normalized spacial score (nSPS) is 17.9. The van der Waals surface area contributed by atoms with Crippen molar-refractivity contribution in [3.63, 3.8) is 0 Å². The number of allylic oxidation sites excluding steroid dienone is 1. The molecule has 1 aliphatic heterocycles. The molecule has 0 spiro atoms. The van der Waals surface area contributed by atoms with Gasteiger partial charge in [0.05, 0.1) is 12.7 Å². The van der Waals surface area contributed by atoms with Gasteiger partial charge in [-0.1, -0.05) is 68.0 Å². The number of rotatable bonds is 9. The number of aryl methyl sites for hydroxylation is 1. The summed E-state index contributed by atoms with van der Waals surface area (Å²) in [6.45, 7) is 6.31. The Morgan fingerprint density at radius 3 is 2.31 bits per heavy atom. The zero-order valence-corrected chi connectivity index (χ0v) is 20.3. The van der Waals surface area contributed by atoms with Crippen LogP contribution in [0.4, 0.5) is 13.2 Å². The van der Waals surface area contributed by atoms with Crippen molar-refractivity contribution in [3.8, 4) is 22.3 Å². The SMILES string of the molecule is C=CCCC1CCC(c2ccc(-c3ccc(-c4ccc(CCCC)c(F)c4F)cc3)cc2F)CO1. The topological polar surface area (TPSA) is 9.23 Å². The van der Waals surface area contributed by atoms with Crippen molar-refractivity contribution >= 4 is 0 Å². The minimum Gasteiger partial charge on any atom is -0.378 e. The first kappa shape index (κ1) is 25.2. The third-order valence-corrected chi connectivity index (χ3v) is 6.99. The van der Waals surface area contributed by atoms with E-state index in [2.05, 4.69) is 6.58 Å². The van der Waals surface area contributed by atoms with Crippen molar-refractivity contribution < 1.29 is 17.9 Å². The van der Waals surface area contributed by atoms with Gasteiger partial charge in [-0.05, 0) is 72.4 Å². The molecule has 1 heterocycles. The lowest BCUT2D eigenvalue weighted by molar-refractivity contribution is -0.000784. The van der Waals surface area contributed by atoms with Gasteiger partial charge < -0.3 is 4.74 Å². The molecule has 1 saturated heterocycles. The number of halogens is 3. The standard InChI is InChI=1S/C31H33F3O/c1-3-5-7-23-14-18-28(31(34)30(23)33)22-11-9-21(10-12-22)24-15-17-27(29(32)19-24)25-13-16-26(35-20-25)8-6-4-2/h4,9-12,14-15,17-19,25-26H,2-3,5-8,13,16,20H2,1H3. The van der Waals surface area contributed by atoms with Crippen molar-refractivity contribution in [2.24, 2.45) is 0 Å². The van der Waals surface area contributed by atoms with Crippen molar-refractivity contribution in [2.75, 3.05) is 6.61 Å². The summed E-state index contributed by atoms with van der Waals surface area (Å²) < 4.78 is 50.2. The van der Waals surface area contributed by atoms with E-state index in [1.54, 1.807) is 30.3 Å². The maximum absolute atomic E-state index is 15.0. The third kappa shape index (κ3) is 5.87. The molecule has 4 rings (SSSR count). The number of ether oxygens (including phenoxy) is 1. The van der Waals surface area contributed by atoms with Crippen LogP contribution in [0.5, 0.6) is 0 Å². The van der Waals surface area contributed by atoms with Crippen LogP contribution < -0.4 is 0 Å². The van der Waals surface area contributed by atoms with Gasteiger partial charge in [-0.25, -0.2) is 13.2 Å². The average Bonchev–Trinajstić information content (AvgIpc) is 2.89. The minimum absolute atomic E-state index is 0.0598. The molecule has 4 heteroatoms. The predicted octanol–water partition coefficient (Wildman–Crippen LogP) is 9.01. The van der Waals surface area contributed by atoms with Crippen LogP contribution in [0.15, 0.2) is 67.3 Å². The van der Waals surface area contributed by atoms with Gasteiger partial charge >= 0.3 is 0 Å². The highest BCUT2D eigenvalue weighted by Gasteiger charge is 2.24. The van der Waals surface area contributed by atoms with Gasteiger partial charge in [0, 0.05) is 11.5 Å². The fourth-order valence-electron chi connectivity index (χ4n) is 4.84. The fraction of sp³-hybridized carbons (Fsp3) is 0.355. The van der Waals surface area contributed by atoms with E-state index in [0.29, 0.717) is 29.7 Å². The molecule has 0 amide bonds. The molecular formula is C31H33F3O. The smallest absolute Gasteiger partial charge is 0.166 e. The Balaban J connectivity index is 1.47. The Morgan fingerprint density at radius 2 is 1.66 bits per heavy atom. The van der Waals surface area contributed by atoms with E-state index in [4.69, 9.17) is 4.74 Å². The highest BCUT2D eigenvalue weighted by Crippen LogP contribution is 2.34. The molecule has 3 aromatic rings. The van der Waals surface area contributed by atoms with Gasteiger partial charge in [-0.2, -0.15) is 0 Å². The first-order valence-electron chi connectivity index (χ1n) is 12.6. The van der Waals surface area contributed by atoms with Crippen molar-refractivity contribution in [3.05, 3.63) is 95.8 Å². The summed E-state index contributed by atoms with van der Waals surface area (Å²) in [7, 11) is 0. The van der Waals surface area contributed by atoms with Crippen LogP contribution in [-0.4, -0.2) is 12.7 Å². The summed E-state index contributed by atoms with van der Waals surface area (Å²) >= 11 is 0. The Kier molecular flexibility index (Phi) is 8.46. The third-order valence-electron chi connectivity index (χ3n) is 6.99. The molecule has 0 aliphatic carbocycles. The van der Waals surface area contributed by atoms with E-state index in [1.165, 1.54) is 0 Å². The van der Waals surface area contributed by atoms with E-state index < -0.39 is 11.6 Å². The molecule has 2 atom stereocenters. The van der Waals surface area contributed by atoms with Gasteiger partial charge in [0.25, 0.3) is 0 Å². The number of hydrogen-bond donors (Lipinski definition) is 0. The summed E-state index contributed by atoms with van der Waals surface area (Å²) in [5.74, 6) is -1.76. The molecule has 0 saturated carbocycles. The largest absolute Gasteiger partial charge is 0.378 e. The summed E-state index contributed by atoms with van der Waals surface area (Å²) in [5.41, 5.74) is 3.50. The number of hydrogen-bond acceptors (Lipinski definition) is 1. The summed E-state index contributed by atoms with van der Waals surface area (Å²) in [4.78, 5) is 0. The van der Waals surface area contributed by atoms with Gasteiger partial charge in [-0.3, -0.25) is 0 Å². The molecule has 1 nitrogen and oxygen atoms in total. The molecular weight excluding hydrogens is 445 g/mol. The summed E-state index contributed by atoms with van der Waals surface area (Å²) in [6, 6.07) is 15.8. The Hall–Kier alpha value is -2.85. The molecule has 3 aromatic carbocycles. The second-order valence-electron chi connectivity index (χ2n) is 9.41. The monoisotopic (exact) mass is 478 g/mol. The second kappa shape index (κ2) is 11.7. The maximum atomic E-state index is 15.0. The lowest BCUT2D eigenvalue weighted by atomic mass is 9.89. The average molecular weight is 479 g/mol. The van der Waals surface area contributed by atoms with E-state index >= 15 is 4.39 Å². The first-order valence-corrected chi connectivity index (χ1v) is 12.6. The van der Waals surface area contributed by atoms with Crippen LogP contribution >= 0.6 is 0 Å². The number of benzene rings is 3. The van der Waals surface area contributed by atoms with E-state index in [9.17, 15) is 8.78 Å². The molecule has 0 radical (unpaired) electrons. The van der Waals surface area contributed by atoms with Crippen LogP contribution in [0, 0.1) is 17.5 Å². The lowest BCUT2D eigenvalue weighted by Crippen LogP contribution is -2.25. The minimum atomic E-state index is -0.816. The Labute approximate surface area is 206 Å². The zero-order chi connectivity index (χ0) is 24.8. The molecule has 1 aliphatic rings. The molecule has 0 N–H and O–H groups in total. The molecule has 0 bridgehead atoms. The fourth-order valence-corrected chi connectivity index (χ4v) is 4.84. The van der Waals surface area contributed by atoms with Crippen molar-refractivity contribution in [2.45, 2.75) is 63.9 Å². The number of unbranched alkanes of at least 4 members (excludes halogenated alkanes) is 1.